The maximum atomic E-state index is 12.0. The molecule has 0 saturated heterocycles. The van der Waals surface area contributed by atoms with Crippen molar-refractivity contribution in [2.24, 2.45) is 0 Å². The lowest BCUT2D eigenvalue weighted by molar-refractivity contribution is 0.0696. The maximum absolute atomic E-state index is 12.0. The van der Waals surface area contributed by atoms with Gasteiger partial charge in [-0.15, -0.1) is 0 Å². The van der Waals surface area contributed by atoms with Crippen molar-refractivity contribution in [3.05, 3.63) is 52.4 Å². The van der Waals surface area contributed by atoms with Crippen molar-refractivity contribution in [1.82, 2.24) is 0 Å². The number of hydrogen-bond acceptors (Lipinski definition) is 4. The second-order valence-corrected chi connectivity index (χ2v) is 5.43. The number of amides is 1. The van der Waals surface area contributed by atoms with Crippen LogP contribution in [0.4, 0.5) is 5.69 Å². The highest BCUT2D eigenvalue weighted by molar-refractivity contribution is 7.97. The lowest BCUT2D eigenvalue weighted by atomic mass is 10.2. The molecule has 7 heteroatoms. The van der Waals surface area contributed by atoms with Gasteiger partial charge in [-0.1, -0.05) is 11.6 Å². The van der Waals surface area contributed by atoms with Gasteiger partial charge in [0.25, 0.3) is 5.91 Å². The fourth-order valence-electron chi connectivity index (χ4n) is 1.66. The van der Waals surface area contributed by atoms with Crippen LogP contribution in [0.15, 0.2) is 34.7 Å². The molecule has 0 bridgehead atoms. The first kappa shape index (κ1) is 15.5. The van der Waals surface area contributed by atoms with E-state index in [0.717, 1.165) is 0 Å². The minimum absolute atomic E-state index is 0.0391. The number of benzene rings is 1. The Bertz CT molecular complexity index is 683. The zero-order valence-corrected chi connectivity index (χ0v) is 12.6. The van der Waals surface area contributed by atoms with E-state index in [2.05, 4.69) is 5.32 Å². The number of rotatable bonds is 5. The van der Waals surface area contributed by atoms with E-state index >= 15 is 0 Å². The Balaban J connectivity index is 2.18. The van der Waals surface area contributed by atoms with Gasteiger partial charge in [-0.05, 0) is 36.6 Å². The van der Waals surface area contributed by atoms with Gasteiger partial charge in [-0.25, -0.2) is 4.79 Å². The van der Waals surface area contributed by atoms with Gasteiger partial charge in [0.2, 0.25) is 0 Å². The zero-order chi connectivity index (χ0) is 15.4. The van der Waals surface area contributed by atoms with Crippen LogP contribution in [-0.4, -0.2) is 23.2 Å². The molecule has 0 aliphatic rings. The third-order valence-electron chi connectivity index (χ3n) is 2.63. The van der Waals surface area contributed by atoms with Crippen molar-refractivity contribution in [1.29, 1.82) is 0 Å². The van der Waals surface area contributed by atoms with Crippen LogP contribution in [0.1, 0.15) is 26.7 Å². The van der Waals surface area contributed by atoms with Gasteiger partial charge in [0.05, 0.1) is 22.0 Å². The summed E-state index contributed by atoms with van der Waals surface area (Å²) in [6.07, 6.45) is 1.93. The molecule has 0 aliphatic heterocycles. The molecular weight excluding hydrogens is 314 g/mol. The predicted molar refractivity (Wildman–Crippen MR) is 82.3 cm³/mol. The highest BCUT2D eigenvalue weighted by atomic mass is 35.5. The second kappa shape index (κ2) is 6.69. The zero-order valence-electron chi connectivity index (χ0n) is 11.1. The number of carbonyl (C=O) groups is 2. The molecule has 1 aromatic heterocycles. The Morgan fingerprint density at radius 2 is 2.10 bits per heavy atom. The molecule has 1 aromatic carbocycles. The molecule has 0 unspecified atom stereocenters. The topological polar surface area (TPSA) is 79.5 Å². The van der Waals surface area contributed by atoms with E-state index in [-0.39, 0.29) is 22.0 Å². The molecular formula is C14H12ClNO4S. The van der Waals surface area contributed by atoms with Crippen molar-refractivity contribution in [2.75, 3.05) is 11.6 Å². The predicted octanol–water partition coefficient (Wildman–Crippen LogP) is 3.75. The van der Waals surface area contributed by atoms with E-state index in [1.807, 2.05) is 6.26 Å². The number of carboxylic acid groups (broad SMARTS) is 1. The van der Waals surface area contributed by atoms with Gasteiger partial charge in [0, 0.05) is 0 Å². The number of nitrogens with one attached hydrogen (secondary N) is 1. The van der Waals surface area contributed by atoms with Crippen molar-refractivity contribution in [3.8, 4) is 0 Å². The van der Waals surface area contributed by atoms with Gasteiger partial charge in [0.15, 0.2) is 5.76 Å². The normalized spacial score (nSPS) is 10.4. The van der Waals surface area contributed by atoms with E-state index in [1.54, 1.807) is 23.9 Å². The SMILES string of the molecule is CSCc1ccc(C(=O)Nc2cc(C(=O)O)ccc2Cl)o1. The summed E-state index contributed by atoms with van der Waals surface area (Å²) in [5, 5.41) is 11.7. The van der Waals surface area contributed by atoms with Crippen LogP contribution in [0, 0.1) is 0 Å². The summed E-state index contributed by atoms with van der Waals surface area (Å²) in [4.78, 5) is 23.0. The van der Waals surface area contributed by atoms with E-state index in [0.29, 0.717) is 11.5 Å². The average molecular weight is 326 g/mol. The number of halogens is 1. The Kier molecular flexibility index (Phi) is 4.93. The van der Waals surface area contributed by atoms with Crippen molar-refractivity contribution < 1.29 is 19.1 Å². The van der Waals surface area contributed by atoms with Gasteiger partial charge in [-0.2, -0.15) is 11.8 Å². The molecule has 110 valence electrons. The first-order chi connectivity index (χ1) is 10.0. The molecule has 0 radical (unpaired) electrons. The fourth-order valence-corrected chi connectivity index (χ4v) is 2.26. The van der Waals surface area contributed by atoms with Crippen molar-refractivity contribution >= 4 is 40.9 Å². The molecule has 0 saturated carbocycles. The summed E-state index contributed by atoms with van der Waals surface area (Å²) in [7, 11) is 0. The molecule has 21 heavy (non-hydrogen) atoms. The van der Waals surface area contributed by atoms with Gasteiger partial charge in [-0.3, -0.25) is 4.79 Å². The number of hydrogen-bond donors (Lipinski definition) is 2. The Morgan fingerprint density at radius 1 is 1.33 bits per heavy atom. The molecule has 0 spiro atoms. The van der Waals surface area contributed by atoms with Crippen LogP contribution in [0.3, 0.4) is 0 Å². The molecule has 0 aliphatic carbocycles. The standard InChI is InChI=1S/C14H12ClNO4S/c1-21-7-9-3-5-12(20-9)13(17)16-11-6-8(14(18)19)2-4-10(11)15/h2-6H,7H2,1H3,(H,16,17)(H,18,19). The highest BCUT2D eigenvalue weighted by Crippen LogP contribution is 2.24. The van der Waals surface area contributed by atoms with Crippen LogP contribution >= 0.6 is 23.4 Å². The summed E-state index contributed by atoms with van der Waals surface area (Å²) in [5.41, 5.74) is 0.265. The molecule has 2 aromatic rings. The lowest BCUT2D eigenvalue weighted by Crippen LogP contribution is -2.12. The molecule has 2 rings (SSSR count). The Hall–Kier alpha value is -1.92. The van der Waals surface area contributed by atoms with Gasteiger partial charge in [0.1, 0.15) is 5.76 Å². The van der Waals surface area contributed by atoms with Crippen LogP contribution in [0.25, 0.3) is 0 Å². The summed E-state index contributed by atoms with van der Waals surface area (Å²) in [6, 6.07) is 7.37. The average Bonchev–Trinajstić information content (AvgIpc) is 2.90. The van der Waals surface area contributed by atoms with Crippen LogP contribution in [-0.2, 0) is 5.75 Å². The fraction of sp³-hybridized carbons (Fsp3) is 0.143. The molecule has 0 atom stereocenters. The van der Waals surface area contributed by atoms with E-state index in [4.69, 9.17) is 21.1 Å². The molecule has 5 nitrogen and oxygen atoms in total. The summed E-state index contributed by atoms with van der Waals surface area (Å²) in [5.74, 6) is -0.0641. The molecule has 1 amide bonds. The number of anilines is 1. The Morgan fingerprint density at radius 3 is 2.76 bits per heavy atom. The first-order valence-corrected chi connectivity index (χ1v) is 7.70. The summed E-state index contributed by atoms with van der Waals surface area (Å²) >= 11 is 7.53. The minimum atomic E-state index is -1.09. The number of furan rings is 1. The summed E-state index contributed by atoms with van der Waals surface area (Å²) < 4.78 is 5.38. The van der Waals surface area contributed by atoms with Crippen molar-refractivity contribution in [3.63, 3.8) is 0 Å². The third kappa shape index (κ3) is 3.80. The highest BCUT2D eigenvalue weighted by Gasteiger charge is 2.14. The van der Waals surface area contributed by atoms with E-state index < -0.39 is 11.9 Å². The minimum Gasteiger partial charge on any atom is -0.478 e. The number of aromatic carboxylic acids is 1. The Labute approximate surface area is 130 Å². The van der Waals surface area contributed by atoms with Crippen LogP contribution < -0.4 is 5.32 Å². The van der Waals surface area contributed by atoms with Gasteiger partial charge < -0.3 is 14.8 Å². The van der Waals surface area contributed by atoms with Crippen molar-refractivity contribution in [2.45, 2.75) is 5.75 Å². The van der Waals surface area contributed by atoms with Gasteiger partial charge >= 0.3 is 5.97 Å². The molecule has 2 N–H and O–H groups in total. The molecule has 0 fully saturated rings. The van der Waals surface area contributed by atoms with E-state index in [1.165, 1.54) is 18.2 Å². The quantitative estimate of drug-likeness (QED) is 0.875. The maximum Gasteiger partial charge on any atom is 0.335 e. The third-order valence-corrected chi connectivity index (χ3v) is 3.54. The molecule has 1 heterocycles. The number of carbonyl (C=O) groups excluding carboxylic acids is 1. The first-order valence-electron chi connectivity index (χ1n) is 5.93. The largest absolute Gasteiger partial charge is 0.478 e. The van der Waals surface area contributed by atoms with Crippen LogP contribution in [0.5, 0.6) is 0 Å². The lowest BCUT2D eigenvalue weighted by Gasteiger charge is -2.06. The second-order valence-electron chi connectivity index (χ2n) is 4.15. The summed E-state index contributed by atoms with van der Waals surface area (Å²) in [6.45, 7) is 0. The van der Waals surface area contributed by atoms with E-state index in [9.17, 15) is 9.59 Å². The smallest absolute Gasteiger partial charge is 0.335 e. The van der Waals surface area contributed by atoms with Crippen LogP contribution in [0.2, 0.25) is 5.02 Å². The monoisotopic (exact) mass is 325 g/mol. The number of thioether (sulfide) groups is 1. The number of carboxylic acids is 1.